The average molecular weight is 403 g/mol. The highest BCUT2D eigenvalue weighted by molar-refractivity contribution is 6.29. The molecule has 0 spiro atoms. The molecular weight excluding hydrogens is 383 g/mol. The van der Waals surface area contributed by atoms with E-state index in [1.165, 1.54) is 6.33 Å². The van der Waals surface area contributed by atoms with Crippen LogP contribution in [-0.4, -0.2) is 28.3 Å². The lowest BCUT2D eigenvalue weighted by Crippen LogP contribution is -2.01. The Balaban J connectivity index is 0.000000249. The van der Waals surface area contributed by atoms with Gasteiger partial charge in [-0.25, -0.2) is 9.97 Å². The van der Waals surface area contributed by atoms with E-state index in [1.807, 2.05) is 42.5 Å². The Bertz CT molecular complexity index is 882. The predicted molar refractivity (Wildman–Crippen MR) is 111 cm³/mol. The summed E-state index contributed by atoms with van der Waals surface area (Å²) in [5, 5.41) is 13.5. The summed E-state index contributed by atoms with van der Waals surface area (Å²) in [6.07, 6.45) is 4.04. The van der Waals surface area contributed by atoms with E-state index < -0.39 is 6.10 Å². The molecule has 3 aromatic rings. The van der Waals surface area contributed by atoms with Gasteiger partial charge in [0.15, 0.2) is 0 Å². The van der Waals surface area contributed by atoms with Crippen LogP contribution in [0.2, 0.25) is 0 Å². The molecule has 4 nitrogen and oxygen atoms in total. The number of nitrogens with zero attached hydrogens (tertiary/aromatic N) is 2. The van der Waals surface area contributed by atoms with Crippen molar-refractivity contribution in [2.75, 3.05) is 13.2 Å². The topological polar surface area (TPSA) is 55.2 Å². The fourth-order valence-corrected chi connectivity index (χ4v) is 2.55. The minimum atomic E-state index is -0.697. The average Bonchev–Trinajstić information content (AvgIpc) is 2.67. The second kappa shape index (κ2) is 10.8. The van der Waals surface area contributed by atoms with Crippen molar-refractivity contribution in [1.29, 1.82) is 0 Å². The number of ether oxygens (including phenoxy) is 1. The van der Waals surface area contributed by atoms with Crippen molar-refractivity contribution >= 4 is 34.0 Å². The van der Waals surface area contributed by atoms with Gasteiger partial charge in [-0.05, 0) is 16.3 Å². The van der Waals surface area contributed by atoms with Gasteiger partial charge in [-0.3, -0.25) is 0 Å². The molecule has 0 saturated carbocycles. The summed E-state index contributed by atoms with van der Waals surface area (Å²) in [7, 11) is 0. The number of aliphatic hydroxyl groups is 1. The van der Waals surface area contributed by atoms with Crippen LogP contribution in [0.3, 0.4) is 0 Å². The zero-order valence-corrected chi connectivity index (χ0v) is 16.2. The molecule has 1 N–H and O–H groups in total. The van der Waals surface area contributed by atoms with E-state index >= 15 is 0 Å². The van der Waals surface area contributed by atoms with Crippen LogP contribution in [0.25, 0.3) is 10.8 Å². The highest BCUT2D eigenvalue weighted by Crippen LogP contribution is 2.27. The fourth-order valence-electron chi connectivity index (χ4n) is 2.39. The van der Waals surface area contributed by atoms with Crippen LogP contribution in [0.4, 0.5) is 0 Å². The van der Waals surface area contributed by atoms with Crippen LogP contribution in [0.5, 0.6) is 0 Å². The Morgan fingerprint density at radius 3 is 2.19 bits per heavy atom. The van der Waals surface area contributed by atoms with Crippen molar-refractivity contribution in [3.63, 3.8) is 0 Å². The van der Waals surface area contributed by atoms with Gasteiger partial charge in [0.05, 0.1) is 13.2 Å². The SMILES string of the molecule is C=C(Cl)COCC(=C)Cl.OC(c1cncnc1)c1cccc2ccccc12. The third kappa shape index (κ3) is 6.77. The molecule has 0 bridgehead atoms. The maximum absolute atomic E-state index is 10.4. The molecule has 1 aromatic heterocycles. The smallest absolute Gasteiger partial charge is 0.115 e. The van der Waals surface area contributed by atoms with E-state index in [9.17, 15) is 5.11 Å². The van der Waals surface area contributed by atoms with Crippen molar-refractivity contribution in [2.24, 2.45) is 0 Å². The first-order valence-electron chi connectivity index (χ1n) is 8.14. The zero-order valence-electron chi connectivity index (χ0n) is 14.7. The molecule has 1 heterocycles. The van der Waals surface area contributed by atoms with Gasteiger partial charge in [-0.2, -0.15) is 0 Å². The van der Waals surface area contributed by atoms with Gasteiger partial charge >= 0.3 is 0 Å². The largest absolute Gasteiger partial charge is 0.384 e. The van der Waals surface area contributed by atoms with Gasteiger partial charge in [0.1, 0.15) is 12.4 Å². The third-order valence-electron chi connectivity index (χ3n) is 3.53. The molecule has 0 aliphatic carbocycles. The predicted octanol–water partition coefficient (Wildman–Crippen LogP) is 5.22. The van der Waals surface area contributed by atoms with Gasteiger partial charge in [-0.15, -0.1) is 0 Å². The van der Waals surface area contributed by atoms with Gasteiger partial charge < -0.3 is 9.84 Å². The summed E-state index contributed by atoms with van der Waals surface area (Å²) in [4.78, 5) is 7.88. The van der Waals surface area contributed by atoms with Gasteiger partial charge in [-0.1, -0.05) is 78.8 Å². The van der Waals surface area contributed by atoms with E-state index in [4.69, 9.17) is 27.9 Å². The maximum atomic E-state index is 10.4. The van der Waals surface area contributed by atoms with Gasteiger partial charge in [0.25, 0.3) is 0 Å². The van der Waals surface area contributed by atoms with Crippen LogP contribution in [0, 0.1) is 0 Å². The normalized spacial score (nSPS) is 11.4. The minimum Gasteiger partial charge on any atom is -0.384 e. The molecule has 3 rings (SSSR count). The number of fused-ring (bicyclic) bond motifs is 1. The third-order valence-corrected chi connectivity index (χ3v) is 3.75. The second-order valence-electron chi connectivity index (χ2n) is 5.67. The lowest BCUT2D eigenvalue weighted by molar-refractivity contribution is 0.189. The lowest BCUT2D eigenvalue weighted by Gasteiger charge is -2.13. The van der Waals surface area contributed by atoms with E-state index in [-0.39, 0.29) is 0 Å². The van der Waals surface area contributed by atoms with Crippen LogP contribution < -0.4 is 0 Å². The molecule has 140 valence electrons. The molecule has 27 heavy (non-hydrogen) atoms. The molecular formula is C21H20Cl2N2O2. The molecule has 0 aliphatic rings. The number of hydrogen-bond acceptors (Lipinski definition) is 4. The summed E-state index contributed by atoms with van der Waals surface area (Å²) >= 11 is 10.7. The van der Waals surface area contributed by atoms with Crippen LogP contribution in [0.1, 0.15) is 17.2 Å². The Morgan fingerprint density at radius 2 is 1.56 bits per heavy atom. The van der Waals surface area contributed by atoms with E-state index in [2.05, 4.69) is 23.1 Å². The molecule has 0 saturated heterocycles. The number of benzene rings is 2. The second-order valence-corrected chi connectivity index (χ2v) is 6.74. The zero-order chi connectivity index (χ0) is 19.6. The molecule has 0 radical (unpaired) electrons. The number of aromatic nitrogens is 2. The van der Waals surface area contributed by atoms with E-state index in [0.29, 0.717) is 28.8 Å². The summed E-state index contributed by atoms with van der Waals surface area (Å²) in [6.45, 7) is 7.49. The van der Waals surface area contributed by atoms with Crippen molar-refractivity contribution in [2.45, 2.75) is 6.10 Å². The molecule has 6 heteroatoms. The molecule has 0 amide bonds. The van der Waals surface area contributed by atoms with E-state index in [0.717, 1.165) is 16.3 Å². The number of halogens is 2. The summed E-state index contributed by atoms with van der Waals surface area (Å²) < 4.78 is 4.89. The number of aliphatic hydroxyl groups excluding tert-OH is 1. The molecule has 0 fully saturated rings. The van der Waals surface area contributed by atoms with Crippen LogP contribution in [0.15, 0.2) is 84.4 Å². The van der Waals surface area contributed by atoms with Gasteiger partial charge in [0, 0.05) is 28.0 Å². The fraction of sp³-hybridized carbons (Fsp3) is 0.143. The minimum absolute atomic E-state index is 0.327. The van der Waals surface area contributed by atoms with Crippen molar-refractivity contribution in [3.8, 4) is 0 Å². The van der Waals surface area contributed by atoms with Crippen molar-refractivity contribution < 1.29 is 9.84 Å². The van der Waals surface area contributed by atoms with Crippen molar-refractivity contribution in [1.82, 2.24) is 9.97 Å². The highest BCUT2D eigenvalue weighted by atomic mass is 35.5. The highest BCUT2D eigenvalue weighted by Gasteiger charge is 2.13. The summed E-state index contributed by atoms with van der Waals surface area (Å²) in [5.41, 5.74) is 1.58. The van der Waals surface area contributed by atoms with Gasteiger partial charge in [0.2, 0.25) is 0 Å². The van der Waals surface area contributed by atoms with E-state index in [1.54, 1.807) is 12.4 Å². The van der Waals surface area contributed by atoms with Crippen LogP contribution in [-0.2, 0) is 4.74 Å². The number of hydrogen-bond donors (Lipinski definition) is 1. The van der Waals surface area contributed by atoms with Crippen molar-refractivity contribution in [3.05, 3.63) is 95.5 Å². The Kier molecular flexibility index (Phi) is 8.43. The Morgan fingerprint density at radius 1 is 0.963 bits per heavy atom. The first-order chi connectivity index (χ1) is 13.0. The molecule has 0 aliphatic heterocycles. The molecule has 1 unspecified atom stereocenters. The Hall–Kier alpha value is -2.24. The maximum Gasteiger partial charge on any atom is 0.115 e. The monoisotopic (exact) mass is 402 g/mol. The van der Waals surface area contributed by atoms with Crippen LogP contribution >= 0.6 is 23.2 Å². The first-order valence-corrected chi connectivity index (χ1v) is 8.89. The Labute approximate surface area is 168 Å². The number of rotatable bonds is 6. The molecule has 2 aromatic carbocycles. The summed E-state index contributed by atoms with van der Waals surface area (Å²) in [5.74, 6) is 0. The standard InChI is InChI=1S/C15H12N2O.C6H8Cl2O/c18-15(12-8-16-10-17-9-12)14-7-3-5-11-4-1-2-6-13(11)14;1-5(7)3-9-4-6(2)8/h1-10,15,18H;1-4H2. The quantitative estimate of drug-likeness (QED) is 0.613. The lowest BCUT2D eigenvalue weighted by atomic mass is 9.97. The summed E-state index contributed by atoms with van der Waals surface area (Å²) in [6, 6.07) is 13.9. The first kappa shape index (κ1) is 21.1. The molecule has 1 atom stereocenters.